The van der Waals surface area contributed by atoms with Gasteiger partial charge in [0, 0.05) is 29.0 Å². The topological polar surface area (TPSA) is 120 Å². The number of aromatic amines is 2. The number of anilines is 2. The van der Waals surface area contributed by atoms with Crippen LogP contribution >= 0.6 is 0 Å². The van der Waals surface area contributed by atoms with Crippen molar-refractivity contribution < 1.29 is 5.11 Å². The van der Waals surface area contributed by atoms with E-state index in [0.717, 1.165) is 27.5 Å². The molecule has 4 heterocycles. The highest BCUT2D eigenvalue weighted by Gasteiger charge is 2.18. The third-order valence-corrected chi connectivity index (χ3v) is 5.15. The molecule has 8 nitrogen and oxygen atoms in total. The number of nitrogens with one attached hydrogen (secondary N) is 3. The number of hydrogen-bond donors (Lipinski definition) is 4. The fourth-order valence-electron chi connectivity index (χ4n) is 3.51. The quantitative estimate of drug-likeness (QED) is 0.356. The molecule has 0 aliphatic heterocycles. The lowest BCUT2D eigenvalue weighted by Gasteiger charge is -2.16. The Labute approximate surface area is 177 Å². The van der Waals surface area contributed by atoms with Crippen molar-refractivity contribution in [3.8, 4) is 11.3 Å². The van der Waals surface area contributed by atoms with Crippen molar-refractivity contribution >= 4 is 33.2 Å². The van der Waals surface area contributed by atoms with Crippen molar-refractivity contribution in [2.45, 2.75) is 19.4 Å². The summed E-state index contributed by atoms with van der Waals surface area (Å²) >= 11 is 0. The van der Waals surface area contributed by atoms with Crippen molar-refractivity contribution in [2.24, 2.45) is 0 Å². The molecule has 4 aromatic heterocycles. The first-order chi connectivity index (χ1) is 14.9. The Morgan fingerprint density at radius 1 is 1.03 bits per heavy atom. The highest BCUT2D eigenvalue weighted by molar-refractivity contribution is 5.95. The third kappa shape index (κ3) is 3.53. The highest BCUT2D eigenvalue weighted by atomic mass is 16.3. The van der Waals surface area contributed by atoms with E-state index >= 15 is 0 Å². The molecule has 0 aliphatic rings. The fourth-order valence-corrected chi connectivity index (χ4v) is 3.51. The van der Waals surface area contributed by atoms with Crippen molar-refractivity contribution in [1.29, 1.82) is 0 Å². The zero-order valence-corrected chi connectivity index (χ0v) is 17.0. The minimum Gasteiger partial charge on any atom is -0.384 e. The number of H-pyrrole nitrogens is 2. The standard InChI is InChI=1S/C23H20N6O2/c1-23(2,31)19-6-4-14(11-25-19)17-9-13-7-8-24-22(30)20(13)21(28-17)27-16-5-3-15-12-26-29-18(15)10-16/h3-12,31H,1-2H3,(H,24,30)(H,26,29)(H,27,28). The molecule has 0 saturated heterocycles. The zero-order chi connectivity index (χ0) is 21.6. The Kier molecular flexibility index (Phi) is 4.30. The first-order valence-electron chi connectivity index (χ1n) is 9.80. The van der Waals surface area contributed by atoms with E-state index in [0.29, 0.717) is 22.6 Å². The van der Waals surface area contributed by atoms with Gasteiger partial charge in [-0.3, -0.25) is 14.9 Å². The van der Waals surface area contributed by atoms with Crippen LogP contribution < -0.4 is 10.9 Å². The van der Waals surface area contributed by atoms with Crippen molar-refractivity contribution in [3.05, 3.63) is 77.1 Å². The van der Waals surface area contributed by atoms with Gasteiger partial charge in [0.1, 0.15) is 11.4 Å². The SMILES string of the molecule is CC(C)(O)c1ccc(-c2cc3cc[nH]c(=O)c3c(Nc3ccc4cn[nH]c4c3)n2)cn1. The van der Waals surface area contributed by atoms with Crippen LogP contribution in [0.2, 0.25) is 0 Å². The lowest BCUT2D eigenvalue weighted by Crippen LogP contribution is -2.17. The van der Waals surface area contributed by atoms with E-state index in [9.17, 15) is 9.90 Å². The summed E-state index contributed by atoms with van der Waals surface area (Å²) in [5.41, 5.74) is 2.42. The molecular formula is C23H20N6O2. The number of aliphatic hydroxyl groups is 1. The Morgan fingerprint density at radius 3 is 2.68 bits per heavy atom. The molecule has 5 rings (SSSR count). The smallest absolute Gasteiger partial charge is 0.259 e. The average molecular weight is 412 g/mol. The second-order valence-electron chi connectivity index (χ2n) is 7.92. The molecule has 0 bridgehead atoms. The van der Waals surface area contributed by atoms with Gasteiger partial charge in [-0.2, -0.15) is 5.10 Å². The van der Waals surface area contributed by atoms with E-state index in [4.69, 9.17) is 4.98 Å². The number of fused-ring (bicyclic) bond motifs is 2. The predicted octanol–water partition coefficient (Wildman–Crippen LogP) is 3.83. The number of aromatic nitrogens is 5. The van der Waals surface area contributed by atoms with Crippen LogP contribution in [0, 0.1) is 0 Å². The van der Waals surface area contributed by atoms with Gasteiger partial charge in [0.25, 0.3) is 5.56 Å². The molecular weight excluding hydrogens is 392 g/mol. The zero-order valence-electron chi connectivity index (χ0n) is 17.0. The Bertz CT molecular complexity index is 1460. The summed E-state index contributed by atoms with van der Waals surface area (Å²) in [6.07, 6.45) is 5.04. The summed E-state index contributed by atoms with van der Waals surface area (Å²) in [6.45, 7) is 3.38. The van der Waals surface area contributed by atoms with Gasteiger partial charge >= 0.3 is 0 Å². The molecule has 0 fully saturated rings. The van der Waals surface area contributed by atoms with Crippen LogP contribution in [0.1, 0.15) is 19.5 Å². The van der Waals surface area contributed by atoms with Crippen molar-refractivity contribution in [3.63, 3.8) is 0 Å². The summed E-state index contributed by atoms with van der Waals surface area (Å²) in [4.78, 5) is 24.4. The molecule has 0 spiro atoms. The molecule has 154 valence electrons. The van der Waals surface area contributed by atoms with Crippen LogP contribution in [0.3, 0.4) is 0 Å². The summed E-state index contributed by atoms with van der Waals surface area (Å²) < 4.78 is 0. The first kappa shape index (κ1) is 19.0. The number of pyridine rings is 3. The molecule has 1 aromatic carbocycles. The molecule has 0 radical (unpaired) electrons. The van der Waals surface area contributed by atoms with Crippen LogP contribution in [0.5, 0.6) is 0 Å². The first-order valence-corrected chi connectivity index (χ1v) is 9.80. The summed E-state index contributed by atoms with van der Waals surface area (Å²) in [7, 11) is 0. The molecule has 8 heteroatoms. The molecule has 4 N–H and O–H groups in total. The Hall–Kier alpha value is -4.04. The van der Waals surface area contributed by atoms with Crippen LogP contribution in [0.15, 0.2) is 65.8 Å². The van der Waals surface area contributed by atoms with Gasteiger partial charge < -0.3 is 15.4 Å². The Balaban J connectivity index is 1.63. The van der Waals surface area contributed by atoms with Gasteiger partial charge in [0.05, 0.1) is 28.5 Å². The molecule has 0 atom stereocenters. The molecule has 0 unspecified atom stereocenters. The lowest BCUT2D eigenvalue weighted by atomic mass is 10.0. The second-order valence-corrected chi connectivity index (χ2v) is 7.92. The van der Waals surface area contributed by atoms with Gasteiger partial charge in [-0.15, -0.1) is 0 Å². The fraction of sp³-hybridized carbons (Fsp3) is 0.130. The lowest BCUT2D eigenvalue weighted by molar-refractivity contribution is 0.0739. The second kappa shape index (κ2) is 7.03. The maximum absolute atomic E-state index is 12.6. The normalized spacial score (nSPS) is 11.8. The minimum absolute atomic E-state index is 0.225. The van der Waals surface area contributed by atoms with Crippen LogP contribution in [0.4, 0.5) is 11.5 Å². The van der Waals surface area contributed by atoms with Gasteiger partial charge in [0.15, 0.2) is 0 Å². The van der Waals surface area contributed by atoms with Crippen LogP contribution in [-0.4, -0.2) is 30.3 Å². The van der Waals surface area contributed by atoms with E-state index in [1.165, 1.54) is 0 Å². The Morgan fingerprint density at radius 2 is 1.90 bits per heavy atom. The third-order valence-electron chi connectivity index (χ3n) is 5.15. The van der Waals surface area contributed by atoms with Crippen LogP contribution in [-0.2, 0) is 5.60 Å². The maximum Gasteiger partial charge on any atom is 0.259 e. The van der Waals surface area contributed by atoms with Crippen molar-refractivity contribution in [2.75, 3.05) is 5.32 Å². The minimum atomic E-state index is -1.03. The largest absolute Gasteiger partial charge is 0.384 e. The number of hydrogen-bond acceptors (Lipinski definition) is 6. The number of benzene rings is 1. The summed E-state index contributed by atoms with van der Waals surface area (Å²) in [5, 5.41) is 22.6. The van der Waals surface area contributed by atoms with E-state index in [-0.39, 0.29) is 5.56 Å². The molecule has 0 amide bonds. The average Bonchev–Trinajstić information content (AvgIpc) is 3.21. The van der Waals surface area contributed by atoms with E-state index < -0.39 is 5.60 Å². The molecule has 0 saturated carbocycles. The van der Waals surface area contributed by atoms with E-state index in [1.807, 2.05) is 36.4 Å². The van der Waals surface area contributed by atoms with E-state index in [1.54, 1.807) is 38.5 Å². The number of nitrogens with zero attached hydrogens (tertiary/aromatic N) is 3. The van der Waals surface area contributed by atoms with Gasteiger partial charge in [-0.25, -0.2) is 4.98 Å². The summed E-state index contributed by atoms with van der Waals surface area (Å²) in [6, 6.07) is 13.1. The highest BCUT2D eigenvalue weighted by Crippen LogP contribution is 2.29. The van der Waals surface area contributed by atoms with Gasteiger partial charge in [0.2, 0.25) is 0 Å². The molecule has 31 heavy (non-hydrogen) atoms. The monoisotopic (exact) mass is 412 g/mol. The van der Waals surface area contributed by atoms with Crippen LogP contribution in [0.25, 0.3) is 32.9 Å². The predicted molar refractivity (Wildman–Crippen MR) is 120 cm³/mol. The van der Waals surface area contributed by atoms with Crippen molar-refractivity contribution in [1.82, 2.24) is 25.1 Å². The van der Waals surface area contributed by atoms with Gasteiger partial charge in [-0.05, 0) is 61.7 Å². The van der Waals surface area contributed by atoms with Gasteiger partial charge in [-0.1, -0.05) is 0 Å². The number of rotatable bonds is 4. The maximum atomic E-state index is 12.6. The molecule has 0 aliphatic carbocycles. The summed E-state index contributed by atoms with van der Waals surface area (Å²) in [5.74, 6) is 0.444. The molecule has 5 aromatic rings. The van der Waals surface area contributed by atoms with E-state index in [2.05, 4.69) is 25.5 Å².